The van der Waals surface area contributed by atoms with Gasteiger partial charge in [-0.15, -0.1) is 0 Å². The van der Waals surface area contributed by atoms with E-state index in [1.165, 1.54) is 0 Å². The van der Waals surface area contributed by atoms with Gasteiger partial charge in [-0.05, 0) is 32.1 Å². The Balaban J connectivity index is 1.81. The van der Waals surface area contributed by atoms with Gasteiger partial charge >= 0.3 is 12.0 Å². The molecular weight excluding hydrogens is 260 g/mol. The van der Waals surface area contributed by atoms with Crippen molar-refractivity contribution in [3.8, 4) is 0 Å². The Morgan fingerprint density at radius 3 is 2.65 bits per heavy atom. The second-order valence-electron chi connectivity index (χ2n) is 6.10. The second kappa shape index (κ2) is 6.43. The van der Waals surface area contributed by atoms with E-state index in [4.69, 9.17) is 9.84 Å². The van der Waals surface area contributed by atoms with Crippen molar-refractivity contribution in [3.63, 3.8) is 0 Å². The van der Waals surface area contributed by atoms with E-state index in [-0.39, 0.29) is 12.5 Å². The third-order valence-electron chi connectivity index (χ3n) is 4.31. The van der Waals surface area contributed by atoms with Crippen molar-refractivity contribution in [1.29, 1.82) is 0 Å². The van der Waals surface area contributed by atoms with E-state index in [2.05, 4.69) is 5.32 Å². The number of carbonyl (C=O) groups excluding carboxylic acids is 1. The van der Waals surface area contributed by atoms with E-state index >= 15 is 0 Å². The number of rotatable bonds is 5. The molecule has 1 aliphatic carbocycles. The standard InChI is InChI=1S/C14H24N2O4/c1-16(9-11-4-2-7-20-10-11)13(19)15-14(5-3-6-14)8-12(17)18/h11H,2-10H2,1H3,(H,15,19)(H,17,18). The summed E-state index contributed by atoms with van der Waals surface area (Å²) in [5.41, 5.74) is -0.528. The van der Waals surface area contributed by atoms with Gasteiger partial charge in [-0.2, -0.15) is 0 Å². The highest BCUT2D eigenvalue weighted by molar-refractivity contribution is 5.77. The summed E-state index contributed by atoms with van der Waals surface area (Å²) in [5.74, 6) is -0.468. The van der Waals surface area contributed by atoms with Gasteiger partial charge in [-0.1, -0.05) is 0 Å². The number of aliphatic carboxylic acids is 1. The smallest absolute Gasteiger partial charge is 0.317 e. The zero-order valence-corrected chi connectivity index (χ0v) is 12.1. The van der Waals surface area contributed by atoms with Gasteiger partial charge in [0.2, 0.25) is 0 Å². The Bertz CT molecular complexity index is 362. The maximum absolute atomic E-state index is 12.2. The molecule has 0 aromatic heterocycles. The Hall–Kier alpha value is -1.30. The van der Waals surface area contributed by atoms with E-state index in [0.717, 1.165) is 38.7 Å². The molecule has 20 heavy (non-hydrogen) atoms. The lowest BCUT2D eigenvalue weighted by atomic mass is 9.74. The molecule has 1 heterocycles. The molecule has 1 saturated heterocycles. The topological polar surface area (TPSA) is 78.9 Å². The quantitative estimate of drug-likeness (QED) is 0.801. The molecule has 1 atom stereocenters. The van der Waals surface area contributed by atoms with Gasteiger partial charge in [0.1, 0.15) is 0 Å². The fourth-order valence-electron chi connectivity index (χ4n) is 2.98. The minimum absolute atomic E-state index is 0.0130. The second-order valence-corrected chi connectivity index (χ2v) is 6.10. The van der Waals surface area contributed by atoms with E-state index in [9.17, 15) is 9.59 Å². The van der Waals surface area contributed by atoms with Crippen LogP contribution in [0.5, 0.6) is 0 Å². The number of ether oxygens (including phenoxy) is 1. The molecule has 2 amide bonds. The number of nitrogens with one attached hydrogen (secondary N) is 1. The number of carboxylic acid groups (broad SMARTS) is 1. The van der Waals surface area contributed by atoms with Gasteiger partial charge < -0.3 is 20.1 Å². The molecule has 1 unspecified atom stereocenters. The Kier molecular flexibility index (Phi) is 4.86. The van der Waals surface area contributed by atoms with Crippen molar-refractivity contribution in [1.82, 2.24) is 10.2 Å². The van der Waals surface area contributed by atoms with Gasteiger partial charge in [-0.3, -0.25) is 4.79 Å². The molecule has 2 rings (SSSR count). The minimum atomic E-state index is -0.853. The first-order valence-electron chi connectivity index (χ1n) is 7.34. The highest BCUT2D eigenvalue weighted by Gasteiger charge is 2.41. The van der Waals surface area contributed by atoms with Gasteiger partial charge in [0.15, 0.2) is 0 Å². The van der Waals surface area contributed by atoms with Crippen LogP contribution in [0.15, 0.2) is 0 Å². The maximum atomic E-state index is 12.2. The van der Waals surface area contributed by atoms with Crippen LogP contribution in [0.4, 0.5) is 4.79 Å². The molecule has 0 bridgehead atoms. The summed E-state index contributed by atoms with van der Waals surface area (Å²) >= 11 is 0. The number of hydrogen-bond donors (Lipinski definition) is 2. The van der Waals surface area contributed by atoms with Crippen LogP contribution in [0.2, 0.25) is 0 Å². The molecule has 1 aliphatic heterocycles. The number of urea groups is 1. The van der Waals surface area contributed by atoms with Crippen molar-refractivity contribution < 1.29 is 19.4 Å². The number of carbonyl (C=O) groups is 2. The lowest BCUT2D eigenvalue weighted by Gasteiger charge is -2.42. The summed E-state index contributed by atoms with van der Waals surface area (Å²) in [4.78, 5) is 24.7. The number of hydrogen-bond acceptors (Lipinski definition) is 3. The van der Waals surface area contributed by atoms with Crippen LogP contribution in [-0.4, -0.2) is 54.4 Å². The first-order chi connectivity index (χ1) is 9.51. The molecule has 0 radical (unpaired) electrons. The van der Waals surface area contributed by atoms with E-state index in [1.807, 2.05) is 0 Å². The van der Waals surface area contributed by atoms with E-state index < -0.39 is 11.5 Å². The largest absolute Gasteiger partial charge is 0.481 e. The minimum Gasteiger partial charge on any atom is -0.481 e. The van der Waals surface area contributed by atoms with Crippen molar-refractivity contribution in [3.05, 3.63) is 0 Å². The first-order valence-corrected chi connectivity index (χ1v) is 7.34. The van der Waals surface area contributed by atoms with Gasteiger partial charge in [0.05, 0.1) is 18.6 Å². The fraction of sp³-hybridized carbons (Fsp3) is 0.857. The number of carboxylic acids is 1. The summed E-state index contributed by atoms with van der Waals surface area (Å²) in [7, 11) is 1.76. The van der Waals surface area contributed by atoms with Crippen LogP contribution >= 0.6 is 0 Å². The summed E-state index contributed by atoms with van der Waals surface area (Å²) in [6.45, 7) is 2.18. The van der Waals surface area contributed by atoms with Gasteiger partial charge in [0.25, 0.3) is 0 Å². The lowest BCUT2D eigenvalue weighted by molar-refractivity contribution is -0.139. The molecule has 2 aliphatic rings. The third kappa shape index (κ3) is 3.85. The SMILES string of the molecule is CN(CC1CCCOC1)C(=O)NC1(CC(=O)O)CCC1. The average Bonchev–Trinajstić information content (AvgIpc) is 2.36. The van der Waals surface area contributed by atoms with Crippen molar-refractivity contribution in [2.75, 3.05) is 26.8 Å². The fourth-order valence-corrected chi connectivity index (χ4v) is 2.98. The molecular formula is C14H24N2O4. The van der Waals surface area contributed by atoms with Crippen LogP contribution in [0, 0.1) is 5.92 Å². The maximum Gasteiger partial charge on any atom is 0.317 e. The molecule has 0 spiro atoms. The molecule has 0 aromatic rings. The molecule has 2 fully saturated rings. The van der Waals surface area contributed by atoms with Crippen LogP contribution in [-0.2, 0) is 9.53 Å². The van der Waals surface area contributed by atoms with Gasteiger partial charge in [-0.25, -0.2) is 4.79 Å². The molecule has 6 nitrogen and oxygen atoms in total. The van der Waals surface area contributed by atoms with Crippen LogP contribution in [0.3, 0.4) is 0 Å². The Labute approximate surface area is 119 Å². The van der Waals surface area contributed by atoms with Crippen LogP contribution < -0.4 is 5.32 Å². The highest BCUT2D eigenvalue weighted by atomic mass is 16.5. The van der Waals surface area contributed by atoms with Crippen molar-refractivity contribution in [2.45, 2.75) is 44.1 Å². The molecule has 6 heteroatoms. The molecule has 2 N–H and O–H groups in total. The van der Waals surface area contributed by atoms with Crippen LogP contribution in [0.1, 0.15) is 38.5 Å². The van der Waals surface area contributed by atoms with Gasteiger partial charge in [0, 0.05) is 26.1 Å². The summed E-state index contributed by atoms with van der Waals surface area (Å²) in [5, 5.41) is 11.9. The predicted molar refractivity (Wildman–Crippen MR) is 73.5 cm³/mol. The molecule has 1 saturated carbocycles. The first kappa shape index (κ1) is 15.1. The Morgan fingerprint density at radius 1 is 1.40 bits per heavy atom. The van der Waals surface area contributed by atoms with Crippen LogP contribution in [0.25, 0.3) is 0 Å². The average molecular weight is 284 g/mol. The van der Waals surface area contributed by atoms with E-state index in [0.29, 0.717) is 19.1 Å². The van der Waals surface area contributed by atoms with Crippen molar-refractivity contribution >= 4 is 12.0 Å². The number of nitrogens with zero attached hydrogens (tertiary/aromatic N) is 1. The van der Waals surface area contributed by atoms with Crippen molar-refractivity contribution in [2.24, 2.45) is 5.92 Å². The summed E-state index contributed by atoms with van der Waals surface area (Å²) < 4.78 is 5.41. The number of amides is 2. The third-order valence-corrected chi connectivity index (χ3v) is 4.31. The summed E-state index contributed by atoms with van der Waals surface area (Å²) in [6, 6.07) is -0.170. The predicted octanol–water partition coefficient (Wildman–Crippen LogP) is 1.45. The summed E-state index contributed by atoms with van der Waals surface area (Å²) in [6.07, 6.45) is 4.63. The Morgan fingerprint density at radius 2 is 2.15 bits per heavy atom. The lowest BCUT2D eigenvalue weighted by Crippen LogP contribution is -2.58. The normalized spacial score (nSPS) is 24.6. The monoisotopic (exact) mass is 284 g/mol. The van der Waals surface area contributed by atoms with E-state index in [1.54, 1.807) is 11.9 Å². The zero-order chi connectivity index (χ0) is 14.6. The molecule has 114 valence electrons. The zero-order valence-electron chi connectivity index (χ0n) is 12.1. The molecule has 0 aromatic carbocycles. The highest BCUT2D eigenvalue weighted by Crippen LogP contribution is 2.35.